The van der Waals surface area contributed by atoms with Gasteiger partial charge in [0.1, 0.15) is 11.6 Å². The largest absolute Gasteiger partial charge is 0.484 e. The Morgan fingerprint density at radius 3 is 3.14 bits per heavy atom. The summed E-state index contributed by atoms with van der Waals surface area (Å²) in [6.07, 6.45) is 0. The third-order valence-corrected chi connectivity index (χ3v) is 3.45. The van der Waals surface area contributed by atoms with Crippen LogP contribution in [0.5, 0.6) is 5.75 Å². The van der Waals surface area contributed by atoms with Crippen LogP contribution in [-0.4, -0.2) is 41.7 Å². The van der Waals surface area contributed by atoms with E-state index in [1.165, 1.54) is 12.1 Å². The number of aromatic nitrogens is 2. The average Bonchev–Trinajstić information content (AvgIpc) is 2.94. The number of benzene rings is 1. The summed E-state index contributed by atoms with van der Waals surface area (Å²) in [5.74, 6) is 1.12. The Morgan fingerprint density at radius 1 is 1.50 bits per heavy atom. The number of halogens is 2. The summed E-state index contributed by atoms with van der Waals surface area (Å²) in [7, 11) is 2.03. The first kappa shape index (κ1) is 16.7. The summed E-state index contributed by atoms with van der Waals surface area (Å²) >= 11 is 0. The van der Waals surface area contributed by atoms with E-state index in [1.54, 1.807) is 12.1 Å². The van der Waals surface area contributed by atoms with Crippen molar-refractivity contribution in [2.24, 2.45) is 0 Å². The van der Waals surface area contributed by atoms with Crippen LogP contribution in [0.2, 0.25) is 0 Å². The van der Waals surface area contributed by atoms with Crippen LogP contribution < -0.4 is 10.1 Å². The fourth-order valence-electron chi connectivity index (χ4n) is 2.26. The number of nitrogens with zero attached hydrogens (tertiary/aromatic N) is 3. The highest BCUT2D eigenvalue weighted by Crippen LogP contribution is 2.18. The Morgan fingerprint density at radius 2 is 2.36 bits per heavy atom. The van der Waals surface area contributed by atoms with Gasteiger partial charge in [-0.3, -0.25) is 4.90 Å². The van der Waals surface area contributed by atoms with Crippen molar-refractivity contribution >= 4 is 12.4 Å². The van der Waals surface area contributed by atoms with Gasteiger partial charge in [0.05, 0.1) is 6.04 Å². The number of likely N-dealkylation sites (N-methyl/N-ethyl adjacent to an activating group) is 1. The van der Waals surface area contributed by atoms with Crippen LogP contribution in [-0.2, 0) is 6.61 Å². The first-order valence-corrected chi connectivity index (χ1v) is 6.84. The molecule has 0 spiro atoms. The Balaban J connectivity index is 0.00000176. The van der Waals surface area contributed by atoms with Gasteiger partial charge in [-0.25, -0.2) is 4.39 Å². The summed E-state index contributed by atoms with van der Waals surface area (Å²) < 4.78 is 23.7. The smallest absolute Gasteiger partial charge is 0.264 e. The molecule has 0 amide bonds. The van der Waals surface area contributed by atoms with Gasteiger partial charge < -0.3 is 14.6 Å². The molecule has 0 saturated carbocycles. The molecule has 1 aromatic carbocycles. The van der Waals surface area contributed by atoms with Gasteiger partial charge in [-0.05, 0) is 19.2 Å². The zero-order valence-electron chi connectivity index (χ0n) is 12.2. The standard InChI is InChI=1S/C14H17FN4O2.ClH/c1-19-6-5-16-8-12(19)14-17-13(21-18-14)9-20-11-4-2-3-10(15)7-11;/h2-4,7,12,16H,5-6,8-9H2,1H3;1H. The lowest BCUT2D eigenvalue weighted by Crippen LogP contribution is -2.44. The minimum atomic E-state index is -0.339. The molecule has 1 unspecified atom stereocenters. The number of ether oxygens (including phenoxy) is 1. The molecular formula is C14H18ClFN4O2. The maximum atomic E-state index is 13.0. The van der Waals surface area contributed by atoms with E-state index in [1.807, 2.05) is 7.05 Å². The van der Waals surface area contributed by atoms with Crippen LogP contribution >= 0.6 is 12.4 Å². The zero-order chi connectivity index (χ0) is 14.7. The van der Waals surface area contributed by atoms with E-state index >= 15 is 0 Å². The molecule has 2 aromatic rings. The van der Waals surface area contributed by atoms with Crippen molar-refractivity contribution in [3.8, 4) is 5.75 Å². The van der Waals surface area contributed by atoms with E-state index in [2.05, 4.69) is 20.4 Å². The third-order valence-electron chi connectivity index (χ3n) is 3.45. The van der Waals surface area contributed by atoms with Crippen molar-refractivity contribution in [3.05, 3.63) is 41.8 Å². The van der Waals surface area contributed by atoms with Crippen LogP contribution in [0.1, 0.15) is 17.8 Å². The van der Waals surface area contributed by atoms with E-state index in [9.17, 15) is 4.39 Å². The second kappa shape index (κ2) is 7.53. The van der Waals surface area contributed by atoms with Crippen LogP contribution in [0, 0.1) is 5.82 Å². The monoisotopic (exact) mass is 328 g/mol. The van der Waals surface area contributed by atoms with E-state index in [0.717, 1.165) is 19.6 Å². The first-order valence-electron chi connectivity index (χ1n) is 6.84. The van der Waals surface area contributed by atoms with Gasteiger partial charge in [0.15, 0.2) is 12.4 Å². The number of nitrogens with one attached hydrogen (secondary N) is 1. The highest BCUT2D eigenvalue weighted by atomic mass is 35.5. The average molecular weight is 329 g/mol. The molecule has 0 radical (unpaired) electrons. The molecule has 1 aliphatic rings. The molecule has 0 bridgehead atoms. The number of hydrogen-bond donors (Lipinski definition) is 1. The fourth-order valence-corrected chi connectivity index (χ4v) is 2.26. The van der Waals surface area contributed by atoms with Gasteiger partial charge in [0.2, 0.25) is 0 Å². The van der Waals surface area contributed by atoms with Crippen molar-refractivity contribution in [1.82, 2.24) is 20.4 Å². The molecule has 6 nitrogen and oxygen atoms in total. The summed E-state index contributed by atoms with van der Waals surface area (Å²) in [5, 5.41) is 7.30. The summed E-state index contributed by atoms with van der Waals surface area (Å²) in [6, 6.07) is 6.05. The van der Waals surface area contributed by atoms with Gasteiger partial charge in [-0.2, -0.15) is 4.98 Å². The summed E-state index contributed by atoms with van der Waals surface area (Å²) in [6.45, 7) is 2.81. The Labute approximate surface area is 134 Å². The second-order valence-corrected chi connectivity index (χ2v) is 4.99. The van der Waals surface area contributed by atoms with Crippen molar-refractivity contribution in [2.45, 2.75) is 12.6 Å². The van der Waals surface area contributed by atoms with Crippen molar-refractivity contribution in [2.75, 3.05) is 26.7 Å². The molecule has 8 heteroatoms. The molecule has 1 N–H and O–H groups in total. The maximum absolute atomic E-state index is 13.0. The van der Waals surface area contributed by atoms with Crippen LogP contribution in [0.25, 0.3) is 0 Å². The highest BCUT2D eigenvalue weighted by molar-refractivity contribution is 5.85. The van der Waals surface area contributed by atoms with Crippen molar-refractivity contribution < 1.29 is 13.7 Å². The molecule has 1 aromatic heterocycles. The van der Waals surface area contributed by atoms with E-state index < -0.39 is 0 Å². The second-order valence-electron chi connectivity index (χ2n) is 4.99. The molecule has 2 heterocycles. The third kappa shape index (κ3) is 3.94. The van der Waals surface area contributed by atoms with Crippen molar-refractivity contribution in [1.29, 1.82) is 0 Å². The molecule has 22 heavy (non-hydrogen) atoms. The Bertz CT molecular complexity index is 610. The normalized spacial score (nSPS) is 18.7. The minimum absolute atomic E-state index is 0. The van der Waals surface area contributed by atoms with Gasteiger partial charge >= 0.3 is 0 Å². The van der Waals surface area contributed by atoms with Gasteiger partial charge in [0, 0.05) is 25.7 Å². The number of rotatable bonds is 4. The maximum Gasteiger partial charge on any atom is 0.264 e. The first-order chi connectivity index (χ1) is 10.2. The predicted octanol–water partition coefficient (Wildman–Crippen LogP) is 1.79. The lowest BCUT2D eigenvalue weighted by molar-refractivity contribution is 0.189. The minimum Gasteiger partial charge on any atom is -0.484 e. The summed E-state index contributed by atoms with van der Waals surface area (Å²) in [5.41, 5.74) is 0. The van der Waals surface area contributed by atoms with Crippen LogP contribution in [0.15, 0.2) is 28.8 Å². The molecule has 1 aliphatic heterocycles. The predicted molar refractivity (Wildman–Crippen MR) is 80.5 cm³/mol. The Hall–Kier alpha value is -1.70. The molecule has 3 rings (SSSR count). The van der Waals surface area contributed by atoms with Crippen molar-refractivity contribution in [3.63, 3.8) is 0 Å². The van der Waals surface area contributed by atoms with E-state index in [4.69, 9.17) is 9.26 Å². The quantitative estimate of drug-likeness (QED) is 0.923. The van der Waals surface area contributed by atoms with Gasteiger partial charge in [-0.15, -0.1) is 12.4 Å². The molecular weight excluding hydrogens is 311 g/mol. The Kier molecular flexibility index (Phi) is 5.70. The van der Waals surface area contributed by atoms with E-state index in [0.29, 0.717) is 17.5 Å². The van der Waals surface area contributed by atoms with Gasteiger partial charge in [0.25, 0.3) is 5.89 Å². The molecule has 0 aliphatic carbocycles. The topological polar surface area (TPSA) is 63.4 Å². The van der Waals surface area contributed by atoms with Crippen LogP contribution in [0.4, 0.5) is 4.39 Å². The molecule has 1 atom stereocenters. The lowest BCUT2D eigenvalue weighted by atomic mass is 10.2. The summed E-state index contributed by atoms with van der Waals surface area (Å²) in [4.78, 5) is 6.52. The lowest BCUT2D eigenvalue weighted by Gasteiger charge is -2.30. The highest BCUT2D eigenvalue weighted by Gasteiger charge is 2.25. The van der Waals surface area contributed by atoms with Gasteiger partial charge in [-0.1, -0.05) is 11.2 Å². The SMILES string of the molecule is CN1CCNCC1c1noc(COc2cccc(F)c2)n1.Cl. The molecule has 120 valence electrons. The van der Waals surface area contributed by atoms with Crippen LogP contribution in [0.3, 0.4) is 0 Å². The zero-order valence-corrected chi connectivity index (χ0v) is 13.0. The molecule has 1 fully saturated rings. The van der Waals surface area contributed by atoms with E-state index in [-0.39, 0.29) is 30.9 Å². The molecule has 1 saturated heterocycles. The number of piperazine rings is 1. The fraction of sp³-hybridized carbons (Fsp3) is 0.429. The number of hydrogen-bond acceptors (Lipinski definition) is 6.